The maximum Gasteiger partial charge on any atom is 0.410 e. The third kappa shape index (κ3) is 2.40. The van der Waals surface area contributed by atoms with Crippen molar-refractivity contribution in [1.29, 1.82) is 0 Å². The maximum absolute atomic E-state index is 10.4. The number of aromatic nitrogens is 1. The van der Waals surface area contributed by atoms with E-state index in [9.17, 15) is 4.79 Å². The van der Waals surface area contributed by atoms with Crippen molar-refractivity contribution in [2.45, 2.75) is 0 Å². The Kier molecular flexibility index (Phi) is 2.91. The van der Waals surface area contributed by atoms with Crippen LogP contribution in [-0.4, -0.2) is 16.2 Å². The number of nitrogens with zero attached hydrogens (tertiary/aromatic N) is 1. The largest absolute Gasteiger partial charge is 0.465 e. The van der Waals surface area contributed by atoms with Gasteiger partial charge < -0.3 is 9.52 Å². The summed E-state index contributed by atoms with van der Waals surface area (Å²) in [5.74, 6) is 0.832. The Hall–Kier alpha value is -1.82. The molecule has 82 valence electrons. The summed E-state index contributed by atoms with van der Waals surface area (Å²) in [7, 11) is 0. The fourth-order valence-electron chi connectivity index (χ4n) is 1.20. The Morgan fingerprint density at radius 3 is 2.81 bits per heavy atom. The Morgan fingerprint density at radius 2 is 2.19 bits per heavy atom. The molecular formula is C10H7BrN2O3. The van der Waals surface area contributed by atoms with Crippen molar-refractivity contribution in [2.75, 3.05) is 5.32 Å². The predicted octanol–water partition coefficient (Wildman–Crippen LogP) is 3.19. The van der Waals surface area contributed by atoms with Crippen molar-refractivity contribution in [3.05, 3.63) is 35.0 Å². The molecule has 0 atom stereocenters. The fourth-order valence-corrected chi connectivity index (χ4v) is 1.51. The van der Waals surface area contributed by atoms with E-state index < -0.39 is 6.09 Å². The van der Waals surface area contributed by atoms with Gasteiger partial charge in [0.05, 0.1) is 0 Å². The highest BCUT2D eigenvalue weighted by atomic mass is 79.9. The third-order valence-electron chi connectivity index (χ3n) is 1.81. The molecule has 6 heteroatoms. The second kappa shape index (κ2) is 4.36. The first kappa shape index (κ1) is 10.7. The number of rotatable bonds is 2. The summed E-state index contributed by atoms with van der Waals surface area (Å²) >= 11 is 3.18. The van der Waals surface area contributed by atoms with Gasteiger partial charge >= 0.3 is 6.09 Å². The number of pyridine rings is 1. The van der Waals surface area contributed by atoms with E-state index >= 15 is 0 Å². The molecule has 0 fully saturated rings. The van der Waals surface area contributed by atoms with E-state index in [2.05, 4.69) is 26.2 Å². The number of furan rings is 1. The SMILES string of the molecule is O=C(O)Nc1cccc(-c2ccc(Br)o2)n1. The summed E-state index contributed by atoms with van der Waals surface area (Å²) < 4.78 is 5.91. The Balaban J connectivity index is 2.32. The first-order chi connectivity index (χ1) is 7.65. The lowest BCUT2D eigenvalue weighted by Gasteiger charge is -2.01. The van der Waals surface area contributed by atoms with Gasteiger partial charge in [0.1, 0.15) is 11.5 Å². The van der Waals surface area contributed by atoms with Crippen molar-refractivity contribution in [1.82, 2.24) is 4.98 Å². The van der Waals surface area contributed by atoms with Gasteiger partial charge in [-0.25, -0.2) is 9.78 Å². The van der Waals surface area contributed by atoms with Crippen LogP contribution in [0.3, 0.4) is 0 Å². The molecule has 1 amide bonds. The highest BCUT2D eigenvalue weighted by molar-refractivity contribution is 9.10. The van der Waals surface area contributed by atoms with Gasteiger partial charge in [0.2, 0.25) is 0 Å². The van der Waals surface area contributed by atoms with Crippen LogP contribution in [0.4, 0.5) is 10.6 Å². The molecule has 16 heavy (non-hydrogen) atoms. The van der Waals surface area contributed by atoms with Crippen LogP contribution in [-0.2, 0) is 0 Å². The fraction of sp³-hybridized carbons (Fsp3) is 0. The quantitative estimate of drug-likeness (QED) is 0.887. The Morgan fingerprint density at radius 1 is 1.38 bits per heavy atom. The summed E-state index contributed by atoms with van der Waals surface area (Å²) in [6.07, 6.45) is -1.15. The van der Waals surface area contributed by atoms with Crippen LogP contribution in [0.1, 0.15) is 0 Å². The van der Waals surface area contributed by atoms with Gasteiger partial charge in [-0.15, -0.1) is 0 Å². The van der Waals surface area contributed by atoms with Crippen LogP contribution < -0.4 is 5.32 Å². The van der Waals surface area contributed by atoms with E-state index in [1.165, 1.54) is 0 Å². The van der Waals surface area contributed by atoms with Crippen LogP contribution in [0.2, 0.25) is 0 Å². The minimum atomic E-state index is -1.15. The molecule has 0 aromatic carbocycles. The number of hydrogen-bond acceptors (Lipinski definition) is 3. The second-order valence-corrected chi connectivity index (χ2v) is 3.72. The summed E-state index contributed by atoms with van der Waals surface area (Å²) in [5.41, 5.74) is 0.567. The molecule has 2 aromatic rings. The molecule has 0 saturated heterocycles. The van der Waals surface area contributed by atoms with Crippen molar-refractivity contribution in [3.8, 4) is 11.5 Å². The van der Waals surface area contributed by atoms with E-state index in [4.69, 9.17) is 9.52 Å². The molecule has 2 rings (SSSR count). The van der Waals surface area contributed by atoms with Crippen molar-refractivity contribution in [2.24, 2.45) is 0 Å². The van der Waals surface area contributed by atoms with Crippen LogP contribution in [0.5, 0.6) is 0 Å². The van der Waals surface area contributed by atoms with Gasteiger partial charge in [0.15, 0.2) is 10.4 Å². The molecule has 0 unspecified atom stereocenters. The maximum atomic E-state index is 10.4. The smallest absolute Gasteiger partial charge is 0.410 e. The van der Waals surface area contributed by atoms with Gasteiger partial charge in [0.25, 0.3) is 0 Å². The summed E-state index contributed by atoms with van der Waals surface area (Å²) in [6.45, 7) is 0. The molecule has 0 aliphatic rings. The van der Waals surface area contributed by atoms with Crippen LogP contribution in [0, 0.1) is 0 Å². The van der Waals surface area contributed by atoms with Crippen molar-refractivity contribution in [3.63, 3.8) is 0 Å². The highest BCUT2D eigenvalue weighted by Gasteiger charge is 2.06. The monoisotopic (exact) mass is 282 g/mol. The zero-order valence-electron chi connectivity index (χ0n) is 7.98. The van der Waals surface area contributed by atoms with Crippen LogP contribution >= 0.6 is 15.9 Å². The minimum absolute atomic E-state index is 0.262. The number of anilines is 1. The zero-order valence-corrected chi connectivity index (χ0v) is 9.56. The average Bonchev–Trinajstić information content (AvgIpc) is 2.64. The predicted molar refractivity (Wildman–Crippen MR) is 61.3 cm³/mol. The second-order valence-electron chi connectivity index (χ2n) is 2.94. The first-order valence-electron chi connectivity index (χ1n) is 4.38. The molecule has 2 aromatic heterocycles. The number of carbonyl (C=O) groups is 1. The van der Waals surface area contributed by atoms with Gasteiger partial charge in [0, 0.05) is 0 Å². The summed E-state index contributed by atoms with van der Waals surface area (Å²) in [5, 5.41) is 10.7. The molecule has 2 heterocycles. The van der Waals surface area contributed by atoms with E-state index in [0.29, 0.717) is 16.1 Å². The molecule has 5 nitrogen and oxygen atoms in total. The molecule has 0 bridgehead atoms. The number of hydrogen-bond donors (Lipinski definition) is 2. The lowest BCUT2D eigenvalue weighted by molar-refractivity contribution is 0.209. The Bertz CT molecular complexity index is 524. The summed E-state index contributed by atoms with van der Waals surface area (Å²) in [6, 6.07) is 8.49. The standard InChI is InChI=1S/C10H7BrN2O3/c11-8-5-4-7(16-8)6-2-1-3-9(12-6)13-10(14)15/h1-5H,(H,12,13)(H,14,15). The van der Waals surface area contributed by atoms with Crippen LogP contribution in [0.15, 0.2) is 39.4 Å². The molecule has 0 aliphatic carbocycles. The molecule has 0 spiro atoms. The van der Waals surface area contributed by atoms with Gasteiger partial charge in [-0.3, -0.25) is 5.32 Å². The molecular weight excluding hydrogens is 276 g/mol. The molecule has 0 radical (unpaired) electrons. The number of halogens is 1. The van der Waals surface area contributed by atoms with E-state index in [-0.39, 0.29) is 5.82 Å². The van der Waals surface area contributed by atoms with Gasteiger partial charge in [-0.1, -0.05) is 6.07 Å². The Labute approximate surface area is 99.2 Å². The molecule has 0 saturated carbocycles. The van der Waals surface area contributed by atoms with Gasteiger partial charge in [-0.2, -0.15) is 0 Å². The molecule has 2 N–H and O–H groups in total. The zero-order chi connectivity index (χ0) is 11.5. The number of nitrogens with one attached hydrogen (secondary N) is 1. The van der Waals surface area contributed by atoms with E-state index in [0.717, 1.165) is 0 Å². The lowest BCUT2D eigenvalue weighted by Crippen LogP contribution is -2.08. The third-order valence-corrected chi connectivity index (χ3v) is 2.24. The van der Waals surface area contributed by atoms with E-state index in [1.807, 2.05) is 0 Å². The van der Waals surface area contributed by atoms with Gasteiger partial charge in [-0.05, 0) is 40.2 Å². The number of carboxylic acid groups (broad SMARTS) is 1. The molecule has 0 aliphatic heterocycles. The van der Waals surface area contributed by atoms with Crippen LogP contribution in [0.25, 0.3) is 11.5 Å². The summed E-state index contributed by atoms with van der Waals surface area (Å²) in [4.78, 5) is 14.5. The minimum Gasteiger partial charge on any atom is -0.465 e. The topological polar surface area (TPSA) is 75.4 Å². The first-order valence-corrected chi connectivity index (χ1v) is 5.17. The van der Waals surface area contributed by atoms with Crippen molar-refractivity contribution < 1.29 is 14.3 Å². The normalized spacial score (nSPS) is 10.1. The highest BCUT2D eigenvalue weighted by Crippen LogP contribution is 2.24. The number of amides is 1. The van der Waals surface area contributed by atoms with Crippen molar-refractivity contribution >= 4 is 27.8 Å². The van der Waals surface area contributed by atoms with E-state index in [1.54, 1.807) is 30.3 Å². The lowest BCUT2D eigenvalue weighted by atomic mass is 10.3. The average molecular weight is 283 g/mol.